The molecule has 12 heteroatoms. The van der Waals surface area contributed by atoms with Gasteiger partial charge in [-0.2, -0.15) is 4.98 Å². The van der Waals surface area contributed by atoms with Gasteiger partial charge in [-0.05, 0) is 31.7 Å². The molecule has 2 N–H and O–H groups in total. The fourth-order valence-corrected chi connectivity index (χ4v) is 5.05. The zero-order valence-corrected chi connectivity index (χ0v) is 18.1. The summed E-state index contributed by atoms with van der Waals surface area (Å²) < 4.78 is 91.7. The van der Waals surface area contributed by atoms with Crippen LogP contribution in [0.1, 0.15) is 57.5 Å². The van der Waals surface area contributed by atoms with Crippen molar-refractivity contribution in [3.63, 3.8) is 0 Å². The summed E-state index contributed by atoms with van der Waals surface area (Å²) in [5, 5.41) is 13.1. The van der Waals surface area contributed by atoms with Gasteiger partial charge in [0.15, 0.2) is 0 Å². The summed E-state index contributed by atoms with van der Waals surface area (Å²) in [4.78, 5) is 21.5. The van der Waals surface area contributed by atoms with E-state index >= 15 is 0 Å². The molecule has 176 valence electrons. The van der Waals surface area contributed by atoms with Crippen molar-refractivity contribution in [3.8, 4) is 0 Å². The van der Waals surface area contributed by atoms with Crippen LogP contribution in [0.5, 0.6) is 0 Å². The van der Waals surface area contributed by atoms with Crippen LogP contribution in [0.15, 0.2) is 17.1 Å². The molecule has 2 aromatic rings. The lowest BCUT2D eigenvalue weighted by atomic mass is 10.0. The number of pyridine rings is 1. The fourth-order valence-electron chi connectivity index (χ4n) is 4.39. The van der Waals surface area contributed by atoms with Crippen LogP contribution in [-0.4, -0.2) is 63.8 Å². The molecule has 3 heterocycles. The summed E-state index contributed by atoms with van der Waals surface area (Å²) in [7, 11) is -4.54. The van der Waals surface area contributed by atoms with Crippen molar-refractivity contribution in [3.05, 3.63) is 28.2 Å². The van der Waals surface area contributed by atoms with Crippen molar-refractivity contribution in [2.75, 3.05) is 24.6 Å². The molecule has 0 unspecified atom stereocenters. The van der Waals surface area contributed by atoms with E-state index in [2.05, 4.69) is 15.3 Å². The van der Waals surface area contributed by atoms with Crippen LogP contribution < -0.4 is 10.9 Å². The van der Waals surface area contributed by atoms with E-state index in [1.165, 1.54) is 6.20 Å². The standard InChI is InChI=1S/C20H27F2N5O4S/c1-11-15(3-4-16(11)28)27-18-12(9-14(17(21)22)19(27)29)10-23-20(25-18)24-13-5-7-26(8-6-13)32(2,30)31/h9-11,13,15-17,28H,3-8H2,1-2H3,(H,23,24,25)/t11-,15+,16+/m0/s1/i2D3,13D,17D. The first-order valence-electron chi connectivity index (χ1n) is 12.7. The Bertz CT molecular complexity index is 1360. The number of alkyl halides is 2. The number of hydrogen-bond donors (Lipinski definition) is 2. The van der Waals surface area contributed by atoms with Crippen LogP contribution in [0.2, 0.25) is 0 Å². The highest BCUT2D eigenvalue weighted by molar-refractivity contribution is 7.88. The Morgan fingerprint density at radius 3 is 2.66 bits per heavy atom. The van der Waals surface area contributed by atoms with E-state index in [0.29, 0.717) is 12.8 Å². The van der Waals surface area contributed by atoms with E-state index in [0.717, 1.165) is 14.9 Å². The average Bonchev–Trinajstić information content (AvgIpc) is 3.10. The summed E-state index contributed by atoms with van der Waals surface area (Å²) >= 11 is 0. The second-order valence-electron chi connectivity index (χ2n) is 8.17. The first kappa shape index (κ1) is 17.3. The maximum Gasteiger partial charge on any atom is 0.269 e. The van der Waals surface area contributed by atoms with E-state index in [9.17, 15) is 27.1 Å². The number of anilines is 1. The molecular weight excluding hydrogens is 444 g/mol. The van der Waals surface area contributed by atoms with Gasteiger partial charge in [-0.3, -0.25) is 9.36 Å². The molecule has 4 rings (SSSR count). The first-order valence-corrected chi connectivity index (χ1v) is 11.7. The SMILES string of the molecule is [2H]C1(Nc2ncc3cc(C([2H])(F)F)c(=O)n([C@@H]4CC[C@@H](O)[C@H]4C)c3n2)CCN(S(=O)(=O)C([2H])([2H])[2H])CC1. The molecule has 32 heavy (non-hydrogen) atoms. The zero-order valence-electron chi connectivity index (χ0n) is 22.3. The fraction of sp³-hybridized carbons (Fsp3) is 0.650. The second kappa shape index (κ2) is 8.64. The van der Waals surface area contributed by atoms with Gasteiger partial charge >= 0.3 is 0 Å². The molecule has 0 radical (unpaired) electrons. The lowest BCUT2D eigenvalue weighted by Crippen LogP contribution is -2.42. The highest BCUT2D eigenvalue weighted by Gasteiger charge is 2.35. The van der Waals surface area contributed by atoms with Crippen molar-refractivity contribution < 1.29 is 29.2 Å². The zero-order chi connectivity index (χ0) is 27.6. The normalized spacial score (nSPS) is 29.6. The van der Waals surface area contributed by atoms with Gasteiger partial charge < -0.3 is 10.4 Å². The Morgan fingerprint density at radius 2 is 2.06 bits per heavy atom. The summed E-state index contributed by atoms with van der Waals surface area (Å²) in [6.07, 6.45) is -6.45. The lowest BCUT2D eigenvalue weighted by Gasteiger charge is -2.30. The number of aliphatic hydroxyl groups is 1. The van der Waals surface area contributed by atoms with Crippen LogP contribution in [-0.2, 0) is 10.0 Å². The molecule has 9 nitrogen and oxygen atoms in total. The predicted molar refractivity (Wildman–Crippen MR) is 115 cm³/mol. The molecule has 2 aliphatic rings. The number of sulfonamides is 1. The quantitative estimate of drug-likeness (QED) is 0.677. The van der Waals surface area contributed by atoms with Gasteiger partial charge in [-0.1, -0.05) is 6.92 Å². The number of halogens is 2. The third-order valence-electron chi connectivity index (χ3n) is 6.23. The molecular formula is C20H27F2N5O4S. The van der Waals surface area contributed by atoms with E-state index in [1.807, 2.05) is 0 Å². The monoisotopic (exact) mass is 476 g/mol. The van der Waals surface area contributed by atoms with Gasteiger partial charge in [-0.15, -0.1) is 0 Å². The first-order chi connectivity index (χ1) is 16.9. The Morgan fingerprint density at radius 1 is 1.34 bits per heavy atom. The Kier molecular flexibility index (Phi) is 4.67. The molecule has 1 saturated carbocycles. The third-order valence-corrected chi connectivity index (χ3v) is 7.28. The molecule has 1 aliphatic heterocycles. The van der Waals surface area contributed by atoms with Gasteiger partial charge in [0, 0.05) is 46.8 Å². The highest BCUT2D eigenvalue weighted by Crippen LogP contribution is 2.37. The lowest BCUT2D eigenvalue weighted by molar-refractivity contribution is 0.127. The molecule has 0 bridgehead atoms. The van der Waals surface area contributed by atoms with Gasteiger partial charge in [0.2, 0.25) is 16.0 Å². The maximum absolute atomic E-state index is 14.0. The molecule has 1 saturated heterocycles. The second-order valence-corrected chi connectivity index (χ2v) is 9.64. The number of hydrogen-bond acceptors (Lipinski definition) is 7. The Balaban J connectivity index is 1.69. The summed E-state index contributed by atoms with van der Waals surface area (Å²) in [5.74, 6) is -0.562. The van der Waals surface area contributed by atoms with E-state index in [-0.39, 0.29) is 42.9 Å². The molecule has 0 amide bonds. The molecule has 3 atom stereocenters. The third kappa shape index (κ3) is 4.35. The number of piperidine rings is 1. The van der Waals surface area contributed by atoms with Crippen LogP contribution in [0.3, 0.4) is 0 Å². The smallest absolute Gasteiger partial charge is 0.269 e. The number of rotatable bonds is 5. The van der Waals surface area contributed by atoms with Crippen LogP contribution in [0.25, 0.3) is 11.0 Å². The minimum atomic E-state index is -4.54. The molecule has 0 spiro atoms. The molecule has 0 aromatic carbocycles. The molecule has 2 fully saturated rings. The van der Waals surface area contributed by atoms with Crippen molar-refractivity contribution in [1.82, 2.24) is 18.8 Å². The van der Waals surface area contributed by atoms with E-state index in [4.69, 9.17) is 6.85 Å². The van der Waals surface area contributed by atoms with Crippen molar-refractivity contribution in [2.24, 2.45) is 5.92 Å². The minimum absolute atomic E-state index is 0.00698. The summed E-state index contributed by atoms with van der Waals surface area (Å²) in [6, 6.07) is -1.27. The molecule has 2 aromatic heterocycles. The Labute approximate surface area is 191 Å². The van der Waals surface area contributed by atoms with Crippen LogP contribution in [0, 0.1) is 5.92 Å². The van der Waals surface area contributed by atoms with Crippen LogP contribution in [0.4, 0.5) is 14.7 Å². The topological polar surface area (TPSA) is 117 Å². The number of nitrogens with zero attached hydrogens (tertiary/aromatic N) is 4. The largest absolute Gasteiger partial charge is 0.393 e. The molecule has 1 aliphatic carbocycles. The predicted octanol–water partition coefficient (Wildman–Crippen LogP) is 1.90. The van der Waals surface area contributed by atoms with Crippen LogP contribution >= 0.6 is 0 Å². The number of aliphatic hydroxyl groups excluding tert-OH is 1. The van der Waals surface area contributed by atoms with Gasteiger partial charge in [-0.25, -0.2) is 26.5 Å². The number of nitrogens with one attached hydrogen (secondary N) is 1. The maximum atomic E-state index is 14.0. The average molecular weight is 477 g/mol. The van der Waals surface area contributed by atoms with Gasteiger partial charge in [0.1, 0.15) is 7.02 Å². The summed E-state index contributed by atoms with van der Waals surface area (Å²) in [6.45, 7) is 1.23. The van der Waals surface area contributed by atoms with Crippen molar-refractivity contribution >= 4 is 27.0 Å². The minimum Gasteiger partial charge on any atom is -0.393 e. The van der Waals surface area contributed by atoms with E-state index in [1.54, 1.807) is 6.92 Å². The van der Waals surface area contributed by atoms with E-state index < -0.39 is 57.8 Å². The van der Waals surface area contributed by atoms with Gasteiger partial charge in [0.25, 0.3) is 12.0 Å². The Hall–Kier alpha value is -2.18. The number of aromatic nitrogens is 3. The summed E-state index contributed by atoms with van der Waals surface area (Å²) in [5.41, 5.74) is -2.16. The van der Waals surface area contributed by atoms with Crippen molar-refractivity contribution in [2.45, 2.75) is 57.2 Å². The van der Waals surface area contributed by atoms with Crippen molar-refractivity contribution in [1.29, 1.82) is 0 Å². The highest BCUT2D eigenvalue weighted by atomic mass is 32.2. The number of fused-ring (bicyclic) bond motifs is 1. The van der Waals surface area contributed by atoms with Gasteiger partial charge in [0.05, 0.1) is 19.2 Å².